The highest BCUT2D eigenvalue weighted by molar-refractivity contribution is 6.14. The summed E-state index contributed by atoms with van der Waals surface area (Å²) < 4.78 is 37.3. The molecule has 1 aliphatic heterocycles. The highest BCUT2D eigenvalue weighted by Gasteiger charge is 2.29. The lowest BCUT2D eigenvalue weighted by Crippen LogP contribution is -2.08. The summed E-state index contributed by atoms with van der Waals surface area (Å²) >= 11 is 0. The fourth-order valence-corrected chi connectivity index (χ4v) is 3.53. The van der Waals surface area contributed by atoms with Gasteiger partial charge in [-0.3, -0.25) is 9.59 Å². The Morgan fingerprint density at radius 3 is 2.46 bits per heavy atom. The van der Waals surface area contributed by atoms with Gasteiger partial charge >= 0.3 is 5.97 Å². The minimum absolute atomic E-state index is 0.0689. The van der Waals surface area contributed by atoms with Crippen LogP contribution in [0.1, 0.15) is 28.1 Å². The first-order valence-electron chi connectivity index (χ1n) is 10.5. The van der Waals surface area contributed by atoms with Crippen LogP contribution in [0, 0.1) is 0 Å². The van der Waals surface area contributed by atoms with Crippen molar-refractivity contribution in [3.05, 3.63) is 59.0 Å². The van der Waals surface area contributed by atoms with Gasteiger partial charge in [0.2, 0.25) is 11.5 Å². The van der Waals surface area contributed by atoms with Crippen molar-refractivity contribution in [1.29, 1.82) is 0 Å². The second kappa shape index (κ2) is 10.2. The lowest BCUT2D eigenvalue weighted by Gasteiger charge is -2.14. The largest absolute Gasteiger partial charge is 0.493 e. The van der Waals surface area contributed by atoms with Crippen LogP contribution in [-0.4, -0.2) is 45.3 Å². The molecule has 0 bridgehead atoms. The van der Waals surface area contributed by atoms with Gasteiger partial charge in [-0.15, -0.1) is 0 Å². The maximum Gasteiger partial charge on any atom is 0.311 e. The van der Waals surface area contributed by atoms with E-state index in [0.29, 0.717) is 46.4 Å². The topological polar surface area (TPSA) is 116 Å². The molecule has 0 saturated carbocycles. The van der Waals surface area contributed by atoms with Crippen LogP contribution in [0.3, 0.4) is 0 Å². The second-order valence-corrected chi connectivity index (χ2v) is 7.33. The zero-order valence-corrected chi connectivity index (χ0v) is 19.6. The molecule has 0 unspecified atom stereocenters. The average Bonchev–Trinajstić information content (AvgIpc) is 3.46. The zero-order valence-electron chi connectivity index (χ0n) is 19.6. The third kappa shape index (κ3) is 4.91. The van der Waals surface area contributed by atoms with Crippen LogP contribution in [0.15, 0.2) is 46.7 Å². The van der Waals surface area contributed by atoms with E-state index in [4.69, 9.17) is 32.9 Å². The number of carbonyl (C=O) groups is 2. The van der Waals surface area contributed by atoms with Crippen molar-refractivity contribution in [1.82, 2.24) is 5.16 Å². The molecule has 0 atom stereocenters. The first-order chi connectivity index (χ1) is 17.0. The number of carbonyl (C=O) groups excluding carboxylic acids is 2. The van der Waals surface area contributed by atoms with Crippen LogP contribution >= 0.6 is 0 Å². The van der Waals surface area contributed by atoms with Crippen molar-refractivity contribution in [3.63, 3.8) is 0 Å². The normalized spacial score (nSPS) is 13.3. The summed E-state index contributed by atoms with van der Waals surface area (Å²) in [6.07, 6.45) is 1.93. The summed E-state index contributed by atoms with van der Waals surface area (Å²) in [5.74, 6) is 1.95. The van der Waals surface area contributed by atoms with E-state index in [1.54, 1.807) is 30.3 Å². The number of Topliss-reactive ketones (excluding diaryl/α,β-unsaturated/α-hetero) is 1. The number of aromatic nitrogens is 1. The van der Waals surface area contributed by atoms with E-state index >= 15 is 0 Å². The summed E-state index contributed by atoms with van der Waals surface area (Å²) in [7, 11) is 5.98. The number of hydrogen-bond donors (Lipinski definition) is 0. The van der Waals surface area contributed by atoms with Gasteiger partial charge in [-0.05, 0) is 35.5 Å². The minimum atomic E-state index is -0.476. The second-order valence-electron chi connectivity index (χ2n) is 7.33. The summed E-state index contributed by atoms with van der Waals surface area (Å²) in [5, 5.41) is 3.68. The number of allylic oxidation sites excluding steroid dienone is 1. The highest BCUT2D eigenvalue weighted by atomic mass is 16.5. The van der Waals surface area contributed by atoms with Crippen molar-refractivity contribution in [2.24, 2.45) is 0 Å². The van der Waals surface area contributed by atoms with Gasteiger partial charge in [-0.1, -0.05) is 0 Å². The summed E-state index contributed by atoms with van der Waals surface area (Å²) in [4.78, 5) is 25.1. The van der Waals surface area contributed by atoms with E-state index < -0.39 is 5.97 Å². The molecule has 10 heteroatoms. The molecule has 0 radical (unpaired) electrons. The number of hydrogen-bond acceptors (Lipinski definition) is 10. The van der Waals surface area contributed by atoms with Crippen LogP contribution in [0.4, 0.5) is 0 Å². The zero-order chi connectivity index (χ0) is 24.9. The first kappa shape index (κ1) is 23.7. The van der Waals surface area contributed by atoms with Gasteiger partial charge in [0.1, 0.15) is 17.3 Å². The fraction of sp³-hybridized carbons (Fsp3) is 0.240. The molecule has 35 heavy (non-hydrogen) atoms. The van der Waals surface area contributed by atoms with Gasteiger partial charge in [-0.2, -0.15) is 0 Å². The maximum atomic E-state index is 12.9. The Morgan fingerprint density at radius 2 is 1.77 bits per heavy atom. The molecule has 0 saturated heterocycles. The number of fused-ring (bicyclic) bond motifs is 1. The maximum absolute atomic E-state index is 12.9. The molecule has 3 aromatic rings. The molecule has 4 rings (SSSR count). The number of rotatable bonds is 9. The number of ether oxygens (including phenoxy) is 6. The molecule has 0 amide bonds. The smallest absolute Gasteiger partial charge is 0.311 e. The molecule has 1 aliphatic rings. The van der Waals surface area contributed by atoms with Crippen LogP contribution in [-0.2, 0) is 11.2 Å². The number of aryl methyl sites for hydroxylation is 1. The van der Waals surface area contributed by atoms with Gasteiger partial charge in [-0.25, -0.2) is 0 Å². The van der Waals surface area contributed by atoms with Crippen molar-refractivity contribution in [2.75, 3.05) is 28.4 Å². The van der Waals surface area contributed by atoms with Crippen molar-refractivity contribution >= 4 is 17.8 Å². The molecular formula is C25H23NO9. The number of nitrogens with zero attached hydrogens (tertiary/aromatic N) is 1. The summed E-state index contributed by atoms with van der Waals surface area (Å²) in [6.45, 7) is 0. The molecule has 182 valence electrons. The quantitative estimate of drug-likeness (QED) is 0.253. The number of esters is 1. The molecule has 0 spiro atoms. The van der Waals surface area contributed by atoms with Crippen LogP contribution in [0.2, 0.25) is 0 Å². The molecule has 2 aromatic carbocycles. The predicted octanol–water partition coefficient (Wildman–Crippen LogP) is 3.86. The van der Waals surface area contributed by atoms with E-state index in [1.807, 2.05) is 0 Å². The number of ketones is 1. The summed E-state index contributed by atoms with van der Waals surface area (Å²) in [5.41, 5.74) is 0.918. The van der Waals surface area contributed by atoms with Gasteiger partial charge in [0.05, 0.1) is 40.4 Å². The van der Waals surface area contributed by atoms with Gasteiger partial charge in [0, 0.05) is 24.1 Å². The molecule has 0 N–H and O–H groups in total. The van der Waals surface area contributed by atoms with Crippen LogP contribution in [0.25, 0.3) is 6.08 Å². The average molecular weight is 481 g/mol. The van der Waals surface area contributed by atoms with Crippen molar-refractivity contribution in [3.8, 4) is 34.6 Å². The molecule has 0 fully saturated rings. The van der Waals surface area contributed by atoms with Gasteiger partial charge in [0.15, 0.2) is 17.3 Å². The van der Waals surface area contributed by atoms with E-state index in [9.17, 15) is 9.59 Å². The Morgan fingerprint density at radius 1 is 0.971 bits per heavy atom. The molecular weight excluding hydrogens is 458 g/mol. The first-order valence-corrected chi connectivity index (χ1v) is 10.5. The Kier molecular flexibility index (Phi) is 6.91. The minimum Gasteiger partial charge on any atom is -0.493 e. The predicted molar refractivity (Wildman–Crippen MR) is 122 cm³/mol. The molecule has 0 aliphatic carbocycles. The molecule has 1 aromatic heterocycles. The third-order valence-corrected chi connectivity index (χ3v) is 5.22. The van der Waals surface area contributed by atoms with Crippen molar-refractivity contribution in [2.45, 2.75) is 12.8 Å². The van der Waals surface area contributed by atoms with Gasteiger partial charge < -0.3 is 32.9 Å². The van der Waals surface area contributed by atoms with E-state index in [-0.39, 0.29) is 29.5 Å². The third-order valence-electron chi connectivity index (χ3n) is 5.22. The van der Waals surface area contributed by atoms with E-state index in [0.717, 1.165) is 0 Å². The Bertz CT molecular complexity index is 1290. The van der Waals surface area contributed by atoms with E-state index in [1.165, 1.54) is 40.6 Å². The Labute approximate surface area is 200 Å². The Balaban J connectivity index is 1.48. The molecule has 2 heterocycles. The monoisotopic (exact) mass is 481 g/mol. The van der Waals surface area contributed by atoms with Crippen molar-refractivity contribution < 1.29 is 42.5 Å². The number of benzene rings is 2. The van der Waals surface area contributed by atoms with Gasteiger partial charge in [0.25, 0.3) is 5.88 Å². The molecule has 10 nitrogen and oxygen atoms in total. The lowest BCUT2D eigenvalue weighted by atomic mass is 10.1. The fourth-order valence-electron chi connectivity index (χ4n) is 3.53. The van der Waals surface area contributed by atoms with Crippen LogP contribution < -0.4 is 28.4 Å². The van der Waals surface area contributed by atoms with Crippen LogP contribution in [0.5, 0.6) is 34.6 Å². The SMILES string of the molecule is COc1cc(CCC(=O)Oc2ccc3c(c2)O/C(=C\c2ccc(OC)c(OC)c2OC)C3=O)on1. The lowest BCUT2D eigenvalue weighted by molar-refractivity contribution is -0.134. The standard InChI is InChI=1S/C25H23NO9/c1-29-18-9-5-14(24(31-3)25(18)32-4)11-20-23(28)17-8-6-15(12-19(17)34-20)33-22(27)10-7-16-13-21(30-2)26-35-16/h5-6,8-9,11-13H,7,10H2,1-4H3/b20-11-. The summed E-state index contributed by atoms with van der Waals surface area (Å²) in [6, 6.07) is 9.61. The Hall–Kier alpha value is -4.47. The van der Waals surface area contributed by atoms with E-state index in [2.05, 4.69) is 5.16 Å². The number of methoxy groups -OCH3 is 4. The highest BCUT2D eigenvalue weighted by Crippen LogP contribution is 2.42.